The Morgan fingerprint density at radius 2 is 0.489 bits per heavy atom. The normalized spacial score (nSPS) is 9.96. The maximum absolute atomic E-state index is 9.75. The van der Waals surface area contributed by atoms with Crippen LogP contribution in [0, 0.1) is 0 Å². The molecule has 0 spiro atoms. The summed E-state index contributed by atoms with van der Waals surface area (Å²) < 4.78 is 78.0. The quantitative estimate of drug-likeness (QED) is 0.134. The van der Waals surface area contributed by atoms with Crippen LogP contribution in [-0.2, 0) is 19.5 Å². The fourth-order valence-corrected chi connectivity index (χ4v) is 2.89. The number of aromatic nitrogens is 8. The molecule has 6 aromatic heterocycles. The predicted octanol–water partition coefficient (Wildman–Crippen LogP) is 7.82. The molecule has 0 aliphatic carbocycles. The summed E-state index contributed by atoms with van der Waals surface area (Å²) in [6.07, 6.45) is 13.7. The van der Waals surface area contributed by atoms with E-state index in [1.54, 1.807) is 61.7 Å². The number of hydrogen-bond acceptors (Lipinski definition) is 8. The molecule has 244 valence electrons. The minimum atomic E-state index is -6.00. The van der Waals surface area contributed by atoms with Crippen LogP contribution >= 0.6 is 0 Å². The third-order valence-corrected chi connectivity index (χ3v) is 4.52. The van der Waals surface area contributed by atoms with Crippen LogP contribution in [-0.4, -0.2) is 54.4 Å². The molecule has 0 atom stereocenters. The number of halogens is 8. The maximum Gasteiger partial charge on any atom is 2.00 e. The summed E-state index contributed by atoms with van der Waals surface area (Å²) >= 11 is 0. The Hall–Kier alpha value is -5.05. The molecule has 8 nitrogen and oxygen atoms in total. The van der Waals surface area contributed by atoms with Crippen molar-refractivity contribution in [1.29, 1.82) is 0 Å². The van der Waals surface area contributed by atoms with E-state index in [9.17, 15) is 34.5 Å². The molecule has 0 fully saturated rings. The second-order valence-corrected chi connectivity index (χ2v) is 7.99. The average Bonchev–Trinajstić information content (AvgIpc) is 3.06. The van der Waals surface area contributed by atoms with E-state index in [1.165, 1.54) is 0 Å². The van der Waals surface area contributed by atoms with Crippen molar-refractivity contribution in [3.63, 3.8) is 0 Å². The molecule has 0 amide bonds. The first-order valence-corrected chi connectivity index (χ1v) is 12.8. The minimum absolute atomic E-state index is 0. The van der Waals surface area contributed by atoms with Crippen LogP contribution in [0.2, 0.25) is 0 Å². The Morgan fingerprint density at radius 1 is 0.298 bits per heavy atom. The predicted molar refractivity (Wildman–Crippen MR) is 158 cm³/mol. The van der Waals surface area contributed by atoms with E-state index in [1.807, 2.05) is 72.8 Å². The average molecular weight is 745 g/mol. The van der Waals surface area contributed by atoms with Gasteiger partial charge in [0.15, 0.2) is 11.6 Å². The fourth-order valence-electron chi connectivity index (χ4n) is 2.89. The first-order chi connectivity index (χ1) is 21.9. The van der Waals surface area contributed by atoms with Gasteiger partial charge in [-0.2, -0.15) is 0 Å². The molecule has 0 N–H and O–H groups in total. The Bertz CT molecular complexity index is 1300. The van der Waals surface area contributed by atoms with Gasteiger partial charge in [-0.05, 0) is 60.7 Å². The Morgan fingerprint density at radius 3 is 0.660 bits per heavy atom. The molecule has 0 aliphatic heterocycles. The summed E-state index contributed by atoms with van der Waals surface area (Å²) in [4.78, 5) is 32.8. The molecular formula is C28H22B2F8N8Ru. The Balaban J connectivity index is 0.000000307. The standard InChI is InChI=1S/2C10H8N2.C8H6N4.2BF4.Ru/c2*1-3-7-11-9(5-1)10-6-2-4-8-12-10;1-3-9-7(10-4-1)8-11-5-2-6-12-8;2*2-1(3,4)5;/h2*1-8H;1-6H;;;/q;;;2*-1;+2. The van der Waals surface area contributed by atoms with Crippen molar-refractivity contribution in [2.45, 2.75) is 0 Å². The molecule has 0 saturated carbocycles. The molecule has 0 aromatic carbocycles. The Kier molecular flexibility index (Phi) is 18.4. The number of hydrogen-bond donors (Lipinski definition) is 0. The molecule has 19 heteroatoms. The zero-order valence-corrected chi connectivity index (χ0v) is 25.5. The van der Waals surface area contributed by atoms with Gasteiger partial charge in [-0.25, -0.2) is 19.9 Å². The molecule has 0 radical (unpaired) electrons. The first kappa shape index (κ1) is 40.0. The van der Waals surface area contributed by atoms with Crippen LogP contribution in [0.25, 0.3) is 34.4 Å². The van der Waals surface area contributed by atoms with E-state index in [0.717, 1.165) is 22.8 Å². The van der Waals surface area contributed by atoms with E-state index in [-0.39, 0.29) is 19.5 Å². The van der Waals surface area contributed by atoms with Crippen LogP contribution < -0.4 is 0 Å². The topological polar surface area (TPSA) is 103 Å². The molecule has 0 saturated heterocycles. The van der Waals surface area contributed by atoms with Crippen molar-refractivity contribution in [3.8, 4) is 34.4 Å². The molecule has 0 bridgehead atoms. The van der Waals surface area contributed by atoms with E-state index in [0.29, 0.717) is 11.6 Å². The van der Waals surface area contributed by atoms with Crippen molar-refractivity contribution in [2.75, 3.05) is 0 Å². The second-order valence-electron chi connectivity index (χ2n) is 7.99. The molecular weight excluding hydrogens is 723 g/mol. The van der Waals surface area contributed by atoms with Crippen LogP contribution in [0.3, 0.4) is 0 Å². The summed E-state index contributed by atoms with van der Waals surface area (Å²) in [5.74, 6) is 1.11. The maximum atomic E-state index is 9.75. The molecule has 0 aliphatic rings. The summed E-state index contributed by atoms with van der Waals surface area (Å²) in [5, 5.41) is 0. The van der Waals surface area contributed by atoms with Gasteiger partial charge in [0.1, 0.15) is 0 Å². The Labute approximate surface area is 276 Å². The van der Waals surface area contributed by atoms with Crippen LogP contribution in [0.15, 0.2) is 135 Å². The van der Waals surface area contributed by atoms with Gasteiger partial charge in [0.25, 0.3) is 0 Å². The van der Waals surface area contributed by atoms with Crippen LogP contribution in [0.5, 0.6) is 0 Å². The monoisotopic (exact) mass is 746 g/mol. The summed E-state index contributed by atoms with van der Waals surface area (Å²) in [6.45, 7) is 0. The van der Waals surface area contributed by atoms with Gasteiger partial charge >= 0.3 is 34.0 Å². The number of nitrogens with zero attached hydrogens (tertiary/aromatic N) is 8. The molecule has 6 heterocycles. The third kappa shape index (κ3) is 20.6. The van der Waals surface area contributed by atoms with Crippen molar-refractivity contribution in [2.24, 2.45) is 0 Å². The van der Waals surface area contributed by atoms with Crippen molar-refractivity contribution < 1.29 is 54.0 Å². The second kappa shape index (κ2) is 21.6. The van der Waals surface area contributed by atoms with E-state index < -0.39 is 14.5 Å². The molecule has 6 aromatic rings. The van der Waals surface area contributed by atoms with Gasteiger partial charge in [-0.1, -0.05) is 24.3 Å². The van der Waals surface area contributed by atoms with Gasteiger partial charge in [-0.3, -0.25) is 19.9 Å². The smallest absolute Gasteiger partial charge is 0.418 e. The fraction of sp³-hybridized carbons (Fsp3) is 0. The van der Waals surface area contributed by atoms with E-state index in [4.69, 9.17) is 0 Å². The van der Waals surface area contributed by atoms with Crippen LogP contribution in [0.4, 0.5) is 34.5 Å². The number of rotatable bonds is 3. The van der Waals surface area contributed by atoms with Gasteiger partial charge in [-0.15, -0.1) is 0 Å². The molecule has 47 heavy (non-hydrogen) atoms. The molecule has 0 unspecified atom stereocenters. The van der Waals surface area contributed by atoms with Gasteiger partial charge < -0.3 is 34.5 Å². The van der Waals surface area contributed by atoms with Crippen molar-refractivity contribution in [1.82, 2.24) is 39.9 Å². The van der Waals surface area contributed by atoms with Crippen LogP contribution in [0.1, 0.15) is 0 Å². The number of pyridine rings is 4. The first-order valence-electron chi connectivity index (χ1n) is 12.8. The van der Waals surface area contributed by atoms with Crippen molar-refractivity contribution in [3.05, 3.63) is 135 Å². The zero-order chi connectivity index (χ0) is 33.7. The van der Waals surface area contributed by atoms with Crippen molar-refractivity contribution >= 4 is 14.5 Å². The minimum Gasteiger partial charge on any atom is -0.418 e. The third-order valence-electron chi connectivity index (χ3n) is 4.52. The van der Waals surface area contributed by atoms with Gasteiger partial charge in [0.2, 0.25) is 0 Å². The molecule has 6 rings (SSSR count). The van der Waals surface area contributed by atoms with Gasteiger partial charge in [0, 0.05) is 49.6 Å². The van der Waals surface area contributed by atoms with E-state index >= 15 is 0 Å². The summed E-state index contributed by atoms with van der Waals surface area (Å²) in [5.41, 5.74) is 3.66. The zero-order valence-electron chi connectivity index (χ0n) is 23.8. The van der Waals surface area contributed by atoms with Gasteiger partial charge in [0.05, 0.1) is 22.8 Å². The summed E-state index contributed by atoms with van der Waals surface area (Å²) in [7, 11) is -12.0. The largest absolute Gasteiger partial charge is 2.00 e. The SMILES string of the molecule is F[B-](F)(F)F.F[B-](F)(F)F.[Ru+2].c1ccc(-c2ccccn2)nc1.c1ccc(-c2ccccn2)nc1.c1cnc(-c2ncccn2)nc1. The summed E-state index contributed by atoms with van der Waals surface area (Å²) in [6, 6.07) is 26.7. The van der Waals surface area contributed by atoms with E-state index in [2.05, 4.69) is 39.9 Å².